The summed E-state index contributed by atoms with van der Waals surface area (Å²) in [5, 5.41) is 3.11. The maximum atomic E-state index is 11.9. The van der Waals surface area contributed by atoms with E-state index in [1.807, 2.05) is 13.8 Å². The average molecular weight is 247 g/mol. The van der Waals surface area contributed by atoms with E-state index in [0.717, 1.165) is 19.4 Å². The summed E-state index contributed by atoms with van der Waals surface area (Å²) in [4.78, 5) is 14.3. The first-order chi connectivity index (χ1) is 7.36. The lowest BCUT2D eigenvalue weighted by Crippen LogP contribution is -2.50. The molecule has 16 heavy (non-hydrogen) atoms. The van der Waals surface area contributed by atoms with Gasteiger partial charge < -0.3 is 10.2 Å². The van der Waals surface area contributed by atoms with Crippen LogP contribution in [0.25, 0.3) is 0 Å². The van der Waals surface area contributed by atoms with Crippen molar-refractivity contribution in [3.05, 3.63) is 0 Å². The van der Waals surface area contributed by atoms with Crippen LogP contribution in [-0.4, -0.2) is 42.4 Å². The molecule has 1 rings (SSSR count). The van der Waals surface area contributed by atoms with Crippen molar-refractivity contribution in [2.75, 3.05) is 19.5 Å². The minimum absolute atomic E-state index is 0.0734. The summed E-state index contributed by atoms with van der Waals surface area (Å²) < 4.78 is 0. The number of nitrogens with zero attached hydrogens (tertiary/aromatic N) is 1. The standard InChI is InChI=1S/C12H23ClN2O/c1-9-7-10(5-6-15(9)4)14-11(16)12(2,3)8-13/h9-10H,5-8H2,1-4H3,(H,14,16). The average Bonchev–Trinajstić information content (AvgIpc) is 2.23. The Bertz CT molecular complexity index is 255. The van der Waals surface area contributed by atoms with E-state index in [2.05, 4.69) is 24.2 Å². The zero-order valence-electron chi connectivity index (χ0n) is 10.7. The van der Waals surface area contributed by atoms with Gasteiger partial charge in [-0.2, -0.15) is 0 Å². The third-order valence-corrected chi connectivity index (χ3v) is 4.16. The van der Waals surface area contributed by atoms with E-state index in [9.17, 15) is 4.79 Å². The highest BCUT2D eigenvalue weighted by atomic mass is 35.5. The van der Waals surface area contributed by atoms with Gasteiger partial charge in [-0.05, 0) is 40.7 Å². The van der Waals surface area contributed by atoms with Gasteiger partial charge in [0.1, 0.15) is 0 Å². The van der Waals surface area contributed by atoms with Gasteiger partial charge in [0.2, 0.25) is 5.91 Å². The molecule has 0 aromatic rings. The highest BCUT2D eigenvalue weighted by Gasteiger charge is 2.30. The van der Waals surface area contributed by atoms with Crippen LogP contribution < -0.4 is 5.32 Å². The number of carbonyl (C=O) groups is 1. The summed E-state index contributed by atoms with van der Waals surface area (Å²) in [5.74, 6) is 0.435. The molecule has 1 aliphatic heterocycles. The molecule has 4 heteroatoms. The number of carbonyl (C=O) groups excluding carboxylic acids is 1. The second kappa shape index (κ2) is 5.37. The number of piperidine rings is 1. The molecule has 0 radical (unpaired) electrons. The Balaban J connectivity index is 2.47. The lowest BCUT2D eigenvalue weighted by atomic mass is 9.92. The Morgan fingerprint density at radius 2 is 2.19 bits per heavy atom. The molecule has 2 unspecified atom stereocenters. The molecule has 1 amide bonds. The number of alkyl halides is 1. The molecule has 1 saturated heterocycles. The number of rotatable bonds is 3. The van der Waals surface area contributed by atoms with Crippen LogP contribution in [0.5, 0.6) is 0 Å². The Labute approximate surface area is 104 Å². The molecule has 0 spiro atoms. The molecular weight excluding hydrogens is 224 g/mol. The summed E-state index contributed by atoms with van der Waals surface area (Å²) in [6.45, 7) is 7.01. The molecule has 1 aliphatic rings. The number of amides is 1. The second-order valence-corrected chi connectivity index (χ2v) is 5.81. The van der Waals surface area contributed by atoms with Crippen molar-refractivity contribution in [3.8, 4) is 0 Å². The summed E-state index contributed by atoms with van der Waals surface area (Å²) in [5.41, 5.74) is -0.464. The predicted octanol–water partition coefficient (Wildman–Crippen LogP) is 1.85. The van der Waals surface area contributed by atoms with E-state index in [1.165, 1.54) is 0 Å². The number of nitrogens with one attached hydrogen (secondary N) is 1. The van der Waals surface area contributed by atoms with Gasteiger partial charge in [0.25, 0.3) is 0 Å². The van der Waals surface area contributed by atoms with Gasteiger partial charge in [0.05, 0.1) is 5.41 Å². The van der Waals surface area contributed by atoms with Crippen LogP contribution in [0.1, 0.15) is 33.6 Å². The van der Waals surface area contributed by atoms with E-state index in [1.54, 1.807) is 0 Å². The predicted molar refractivity (Wildman–Crippen MR) is 67.8 cm³/mol. The van der Waals surface area contributed by atoms with Crippen molar-refractivity contribution >= 4 is 17.5 Å². The summed E-state index contributed by atoms with van der Waals surface area (Å²) in [6, 6.07) is 0.847. The first kappa shape index (κ1) is 13.8. The third kappa shape index (κ3) is 3.36. The normalized spacial score (nSPS) is 27.8. The number of hydrogen-bond acceptors (Lipinski definition) is 2. The number of likely N-dealkylation sites (tertiary alicyclic amines) is 1. The van der Waals surface area contributed by atoms with E-state index < -0.39 is 5.41 Å². The monoisotopic (exact) mass is 246 g/mol. The lowest BCUT2D eigenvalue weighted by Gasteiger charge is -2.36. The van der Waals surface area contributed by atoms with Gasteiger partial charge >= 0.3 is 0 Å². The van der Waals surface area contributed by atoms with Crippen molar-refractivity contribution < 1.29 is 4.79 Å². The van der Waals surface area contributed by atoms with Crippen LogP contribution in [0.2, 0.25) is 0 Å². The Kier molecular flexibility index (Phi) is 4.62. The summed E-state index contributed by atoms with van der Waals surface area (Å²) >= 11 is 5.79. The molecule has 3 nitrogen and oxygen atoms in total. The Morgan fingerprint density at radius 1 is 1.56 bits per heavy atom. The topological polar surface area (TPSA) is 32.3 Å². The van der Waals surface area contributed by atoms with Crippen LogP contribution in [-0.2, 0) is 4.79 Å². The van der Waals surface area contributed by atoms with Crippen LogP contribution in [0.4, 0.5) is 0 Å². The van der Waals surface area contributed by atoms with Gasteiger partial charge in [-0.1, -0.05) is 0 Å². The molecule has 0 bridgehead atoms. The largest absolute Gasteiger partial charge is 0.353 e. The zero-order valence-corrected chi connectivity index (χ0v) is 11.5. The van der Waals surface area contributed by atoms with Crippen molar-refractivity contribution in [2.24, 2.45) is 5.41 Å². The molecule has 1 fully saturated rings. The second-order valence-electron chi connectivity index (χ2n) is 5.54. The van der Waals surface area contributed by atoms with Crippen LogP contribution >= 0.6 is 11.6 Å². The van der Waals surface area contributed by atoms with Crippen LogP contribution in [0.15, 0.2) is 0 Å². The van der Waals surface area contributed by atoms with Gasteiger partial charge in [-0.15, -0.1) is 11.6 Å². The van der Waals surface area contributed by atoms with E-state index in [-0.39, 0.29) is 5.91 Å². The lowest BCUT2D eigenvalue weighted by molar-refractivity contribution is -0.129. The molecule has 2 atom stereocenters. The number of hydrogen-bond donors (Lipinski definition) is 1. The Hall–Kier alpha value is -0.280. The molecule has 0 saturated carbocycles. The molecule has 0 aromatic carbocycles. The van der Waals surface area contributed by atoms with Crippen molar-refractivity contribution in [2.45, 2.75) is 45.7 Å². The van der Waals surface area contributed by atoms with E-state index in [4.69, 9.17) is 11.6 Å². The summed E-state index contributed by atoms with van der Waals surface area (Å²) in [6.07, 6.45) is 2.06. The van der Waals surface area contributed by atoms with Crippen molar-refractivity contribution in [1.29, 1.82) is 0 Å². The molecule has 0 aliphatic carbocycles. The maximum absolute atomic E-state index is 11.9. The fourth-order valence-corrected chi connectivity index (χ4v) is 1.98. The first-order valence-corrected chi connectivity index (χ1v) is 6.47. The molecular formula is C12H23ClN2O. The number of halogens is 1. The van der Waals surface area contributed by atoms with Crippen LogP contribution in [0.3, 0.4) is 0 Å². The Morgan fingerprint density at radius 3 is 2.69 bits per heavy atom. The third-order valence-electron chi connectivity index (χ3n) is 3.49. The smallest absolute Gasteiger partial charge is 0.227 e. The molecule has 0 aromatic heterocycles. The highest BCUT2D eigenvalue weighted by Crippen LogP contribution is 2.20. The maximum Gasteiger partial charge on any atom is 0.227 e. The highest BCUT2D eigenvalue weighted by molar-refractivity contribution is 6.19. The fourth-order valence-electron chi connectivity index (χ4n) is 1.86. The minimum Gasteiger partial charge on any atom is -0.353 e. The zero-order chi connectivity index (χ0) is 12.3. The molecule has 1 heterocycles. The summed E-state index contributed by atoms with van der Waals surface area (Å²) in [7, 11) is 2.13. The van der Waals surface area contributed by atoms with Crippen molar-refractivity contribution in [3.63, 3.8) is 0 Å². The first-order valence-electron chi connectivity index (χ1n) is 5.94. The quantitative estimate of drug-likeness (QED) is 0.771. The van der Waals surface area contributed by atoms with Gasteiger partial charge in [-0.25, -0.2) is 0 Å². The van der Waals surface area contributed by atoms with Gasteiger partial charge in [0.15, 0.2) is 0 Å². The van der Waals surface area contributed by atoms with E-state index >= 15 is 0 Å². The molecule has 1 N–H and O–H groups in total. The van der Waals surface area contributed by atoms with Gasteiger partial charge in [-0.3, -0.25) is 4.79 Å². The van der Waals surface area contributed by atoms with E-state index in [0.29, 0.717) is 18.0 Å². The minimum atomic E-state index is -0.464. The van der Waals surface area contributed by atoms with Gasteiger partial charge in [0, 0.05) is 24.5 Å². The van der Waals surface area contributed by atoms with Crippen LogP contribution in [0, 0.1) is 5.41 Å². The fraction of sp³-hybridized carbons (Fsp3) is 0.917. The van der Waals surface area contributed by atoms with Crippen molar-refractivity contribution in [1.82, 2.24) is 10.2 Å². The SMILES string of the molecule is CC1CC(NC(=O)C(C)(C)CCl)CCN1C. The molecule has 94 valence electrons.